The lowest BCUT2D eigenvalue weighted by Gasteiger charge is -2.26. The number of aromatic nitrogens is 1. The van der Waals surface area contributed by atoms with Gasteiger partial charge in [0.25, 0.3) is 0 Å². The molecule has 2 amide bonds. The Bertz CT molecular complexity index is 692. The van der Waals surface area contributed by atoms with Crippen LogP contribution in [0, 0.1) is 0 Å². The van der Waals surface area contributed by atoms with Crippen LogP contribution < -0.4 is 15.4 Å². The van der Waals surface area contributed by atoms with Crippen molar-refractivity contribution in [2.24, 2.45) is 0 Å². The Morgan fingerprint density at radius 3 is 2.62 bits per heavy atom. The number of amides is 2. The van der Waals surface area contributed by atoms with Gasteiger partial charge in [0.15, 0.2) is 0 Å². The fourth-order valence-electron chi connectivity index (χ4n) is 1.91. The Kier molecular flexibility index (Phi) is 6.51. The quantitative estimate of drug-likeness (QED) is 0.687. The van der Waals surface area contributed by atoms with Gasteiger partial charge in [-0.3, -0.25) is 0 Å². The number of thioether (sulfide) groups is 1. The average Bonchev–Trinajstić information content (AvgIpc) is 2.54. The molecule has 128 valence electrons. The molecule has 7 heteroatoms. The Balaban J connectivity index is 1.87. The first kappa shape index (κ1) is 18.6. The van der Waals surface area contributed by atoms with Crippen LogP contribution in [-0.4, -0.2) is 29.4 Å². The number of hydrogen-bond donors (Lipinski definition) is 2. The molecule has 2 N–H and O–H groups in total. The molecular weight excluding hydrogens is 390 g/mol. The number of nitrogens with zero attached hydrogens (tertiary/aromatic N) is 1. The zero-order chi connectivity index (χ0) is 17.6. The van der Waals surface area contributed by atoms with E-state index < -0.39 is 5.54 Å². The summed E-state index contributed by atoms with van der Waals surface area (Å²) in [7, 11) is 0. The third kappa shape index (κ3) is 5.72. The maximum Gasteiger partial charge on any atom is 0.319 e. The molecule has 0 radical (unpaired) electrons. The number of rotatable bonds is 6. The van der Waals surface area contributed by atoms with Crippen molar-refractivity contribution in [1.29, 1.82) is 0 Å². The summed E-state index contributed by atoms with van der Waals surface area (Å²) >= 11 is 5.04. The molecule has 2 rings (SSSR count). The summed E-state index contributed by atoms with van der Waals surface area (Å²) in [6.45, 7) is 4.07. The van der Waals surface area contributed by atoms with E-state index in [1.54, 1.807) is 18.0 Å². The van der Waals surface area contributed by atoms with Crippen LogP contribution in [-0.2, 0) is 0 Å². The predicted molar refractivity (Wildman–Crippen MR) is 102 cm³/mol. The van der Waals surface area contributed by atoms with Gasteiger partial charge in [0.1, 0.15) is 6.61 Å². The summed E-state index contributed by atoms with van der Waals surface area (Å²) in [5.41, 5.74) is 0.190. The second-order valence-corrected chi connectivity index (χ2v) is 7.50. The van der Waals surface area contributed by atoms with E-state index in [9.17, 15) is 4.79 Å². The number of carbonyl (C=O) groups excluding carboxylic acids is 1. The van der Waals surface area contributed by atoms with Gasteiger partial charge in [0, 0.05) is 16.8 Å². The topological polar surface area (TPSA) is 63.2 Å². The summed E-state index contributed by atoms with van der Waals surface area (Å²) in [5, 5.41) is 5.72. The highest BCUT2D eigenvalue weighted by Gasteiger charge is 2.22. The van der Waals surface area contributed by atoms with E-state index in [2.05, 4.69) is 31.5 Å². The molecule has 0 atom stereocenters. The van der Waals surface area contributed by atoms with Crippen LogP contribution in [0.3, 0.4) is 0 Å². The Morgan fingerprint density at radius 2 is 2.00 bits per heavy atom. The highest BCUT2D eigenvalue weighted by Crippen LogP contribution is 2.22. The van der Waals surface area contributed by atoms with Gasteiger partial charge in [-0.05, 0) is 72.4 Å². The highest BCUT2D eigenvalue weighted by molar-refractivity contribution is 9.10. The first-order valence-corrected chi connectivity index (χ1v) is 9.38. The summed E-state index contributed by atoms with van der Waals surface area (Å²) < 4.78 is 6.46. The SMILES string of the molecule is CSc1ccc(NC(=O)NC(C)(C)COc2ncccc2Br)cc1. The van der Waals surface area contributed by atoms with Gasteiger partial charge in [-0.2, -0.15) is 0 Å². The van der Waals surface area contributed by atoms with Crippen molar-refractivity contribution in [1.82, 2.24) is 10.3 Å². The maximum atomic E-state index is 12.2. The third-order valence-electron chi connectivity index (χ3n) is 3.09. The maximum absolute atomic E-state index is 12.2. The lowest BCUT2D eigenvalue weighted by molar-refractivity contribution is 0.197. The third-order valence-corrected chi connectivity index (χ3v) is 4.44. The van der Waals surface area contributed by atoms with E-state index in [4.69, 9.17) is 4.74 Å². The van der Waals surface area contributed by atoms with Crippen LogP contribution in [0.25, 0.3) is 0 Å². The Hall–Kier alpha value is -1.73. The number of halogens is 1. The minimum atomic E-state index is -0.555. The van der Waals surface area contributed by atoms with Crippen LogP contribution in [0.1, 0.15) is 13.8 Å². The molecule has 1 aromatic heterocycles. The lowest BCUT2D eigenvalue weighted by atomic mass is 10.1. The van der Waals surface area contributed by atoms with Gasteiger partial charge < -0.3 is 15.4 Å². The van der Waals surface area contributed by atoms with Crippen molar-refractivity contribution in [3.63, 3.8) is 0 Å². The summed E-state index contributed by atoms with van der Waals surface area (Å²) in [4.78, 5) is 17.4. The molecule has 0 saturated carbocycles. The fraction of sp³-hybridized carbons (Fsp3) is 0.294. The number of benzene rings is 1. The zero-order valence-electron chi connectivity index (χ0n) is 13.8. The minimum absolute atomic E-state index is 0.277. The van der Waals surface area contributed by atoms with Gasteiger partial charge >= 0.3 is 6.03 Å². The molecule has 0 spiro atoms. The fourth-order valence-corrected chi connectivity index (χ4v) is 2.68. The molecule has 0 aliphatic rings. The number of urea groups is 1. The molecular formula is C17H20BrN3O2S. The standard InChI is InChI=1S/C17H20BrN3O2S/c1-17(2,11-23-15-14(18)5-4-10-19-15)21-16(22)20-12-6-8-13(24-3)9-7-12/h4-10H,11H2,1-3H3,(H2,20,21,22). The molecule has 0 fully saturated rings. The predicted octanol–water partition coefficient (Wildman–Crippen LogP) is 4.55. The summed E-state index contributed by atoms with van der Waals surface area (Å²) in [5.74, 6) is 0.500. The van der Waals surface area contributed by atoms with Crippen molar-refractivity contribution in [2.45, 2.75) is 24.3 Å². The number of pyridine rings is 1. The van der Waals surface area contributed by atoms with Crippen molar-refractivity contribution in [3.8, 4) is 5.88 Å². The molecule has 2 aromatic rings. The van der Waals surface area contributed by atoms with Crippen molar-refractivity contribution >= 4 is 39.4 Å². The second-order valence-electron chi connectivity index (χ2n) is 5.77. The highest BCUT2D eigenvalue weighted by atomic mass is 79.9. The first-order valence-electron chi connectivity index (χ1n) is 7.36. The molecule has 0 aliphatic heterocycles. The van der Waals surface area contributed by atoms with Crippen LogP contribution in [0.2, 0.25) is 0 Å². The molecule has 5 nitrogen and oxygen atoms in total. The Morgan fingerprint density at radius 1 is 1.29 bits per heavy atom. The molecule has 0 saturated heterocycles. The van der Waals surface area contributed by atoms with E-state index in [0.29, 0.717) is 12.5 Å². The number of nitrogens with one attached hydrogen (secondary N) is 2. The van der Waals surface area contributed by atoms with E-state index in [0.717, 1.165) is 15.1 Å². The Labute approximate surface area is 154 Å². The van der Waals surface area contributed by atoms with Crippen molar-refractivity contribution in [3.05, 3.63) is 47.1 Å². The van der Waals surface area contributed by atoms with E-state index >= 15 is 0 Å². The van der Waals surface area contributed by atoms with Gasteiger partial charge in [-0.25, -0.2) is 9.78 Å². The van der Waals surface area contributed by atoms with Gasteiger partial charge in [0.2, 0.25) is 5.88 Å². The van der Waals surface area contributed by atoms with E-state index in [1.807, 2.05) is 56.5 Å². The summed E-state index contributed by atoms with van der Waals surface area (Å²) in [6, 6.07) is 11.1. The normalized spacial score (nSPS) is 11.0. The van der Waals surface area contributed by atoms with E-state index in [1.165, 1.54) is 0 Å². The molecule has 0 aliphatic carbocycles. The largest absolute Gasteiger partial charge is 0.474 e. The van der Waals surface area contributed by atoms with Crippen molar-refractivity contribution < 1.29 is 9.53 Å². The summed E-state index contributed by atoms with van der Waals surface area (Å²) in [6.07, 6.45) is 3.67. The van der Waals surface area contributed by atoms with Crippen molar-refractivity contribution in [2.75, 3.05) is 18.2 Å². The van der Waals surface area contributed by atoms with Crippen LogP contribution >= 0.6 is 27.7 Å². The number of hydrogen-bond acceptors (Lipinski definition) is 4. The number of carbonyl (C=O) groups is 1. The van der Waals surface area contributed by atoms with Crippen LogP contribution in [0.15, 0.2) is 52.0 Å². The van der Waals surface area contributed by atoms with Gasteiger partial charge in [-0.1, -0.05) is 0 Å². The van der Waals surface area contributed by atoms with Crippen LogP contribution in [0.4, 0.5) is 10.5 Å². The van der Waals surface area contributed by atoms with Crippen LogP contribution in [0.5, 0.6) is 5.88 Å². The molecule has 0 unspecified atom stereocenters. The molecule has 1 heterocycles. The molecule has 1 aromatic carbocycles. The average molecular weight is 410 g/mol. The first-order chi connectivity index (χ1) is 11.4. The van der Waals surface area contributed by atoms with E-state index in [-0.39, 0.29) is 6.03 Å². The van der Waals surface area contributed by atoms with Gasteiger partial charge in [0.05, 0.1) is 10.0 Å². The number of ether oxygens (including phenoxy) is 1. The molecule has 24 heavy (non-hydrogen) atoms. The minimum Gasteiger partial charge on any atom is -0.474 e. The number of anilines is 1. The second kappa shape index (κ2) is 8.39. The smallest absolute Gasteiger partial charge is 0.319 e. The van der Waals surface area contributed by atoms with Gasteiger partial charge in [-0.15, -0.1) is 11.8 Å². The zero-order valence-corrected chi connectivity index (χ0v) is 16.2. The lowest BCUT2D eigenvalue weighted by Crippen LogP contribution is -2.49. The molecule has 0 bridgehead atoms. The monoisotopic (exact) mass is 409 g/mol.